The Bertz CT molecular complexity index is 729. The van der Waals surface area contributed by atoms with Gasteiger partial charge in [-0.3, -0.25) is 4.79 Å². The van der Waals surface area contributed by atoms with Crippen molar-refractivity contribution in [1.29, 1.82) is 0 Å². The van der Waals surface area contributed by atoms with Crippen molar-refractivity contribution in [1.82, 2.24) is 5.43 Å². The normalized spacial score (nSPS) is 13.8. The number of methoxy groups -OCH3 is 1. The largest absolute Gasteiger partial charge is 0.507 e. The quantitative estimate of drug-likeness (QED) is 0.668. The molecule has 1 heterocycles. The van der Waals surface area contributed by atoms with E-state index < -0.39 is 0 Å². The zero-order valence-corrected chi connectivity index (χ0v) is 13.7. The van der Waals surface area contributed by atoms with Gasteiger partial charge in [0, 0.05) is 10.4 Å². The first kappa shape index (κ1) is 15.6. The minimum atomic E-state index is -0.219. The summed E-state index contributed by atoms with van der Waals surface area (Å²) in [7, 11) is 1.55. The predicted octanol–water partition coefficient (Wildman–Crippen LogP) is 3.11. The average Bonchev–Trinajstić information content (AvgIpc) is 3.00. The van der Waals surface area contributed by atoms with Gasteiger partial charge in [0.1, 0.15) is 11.5 Å². The lowest BCUT2D eigenvalue weighted by atomic mass is 9.99. The first-order valence-corrected chi connectivity index (χ1v) is 8.31. The van der Waals surface area contributed by atoms with E-state index in [9.17, 15) is 9.90 Å². The topological polar surface area (TPSA) is 70.9 Å². The lowest BCUT2D eigenvalue weighted by Gasteiger charge is -2.08. The number of thiophene rings is 1. The molecule has 0 radical (unpaired) electrons. The second-order valence-electron chi connectivity index (χ2n) is 5.39. The number of rotatable bonds is 4. The summed E-state index contributed by atoms with van der Waals surface area (Å²) >= 11 is 1.54. The Kier molecular flexibility index (Phi) is 4.62. The second-order valence-corrected chi connectivity index (χ2v) is 6.53. The van der Waals surface area contributed by atoms with Gasteiger partial charge in [0.05, 0.1) is 18.2 Å². The highest BCUT2D eigenvalue weighted by Crippen LogP contribution is 2.29. The second kappa shape index (κ2) is 6.83. The fraction of sp³-hybridized carbons (Fsp3) is 0.294. The van der Waals surface area contributed by atoms with Gasteiger partial charge in [-0.25, -0.2) is 5.43 Å². The predicted molar refractivity (Wildman–Crippen MR) is 90.7 cm³/mol. The van der Waals surface area contributed by atoms with E-state index in [4.69, 9.17) is 4.74 Å². The van der Waals surface area contributed by atoms with Crippen LogP contribution in [0.15, 0.2) is 29.4 Å². The van der Waals surface area contributed by atoms with E-state index >= 15 is 0 Å². The summed E-state index contributed by atoms with van der Waals surface area (Å²) in [5.41, 5.74) is 4.28. The van der Waals surface area contributed by atoms with Gasteiger partial charge in [0.2, 0.25) is 0 Å². The average molecular weight is 330 g/mol. The van der Waals surface area contributed by atoms with Gasteiger partial charge >= 0.3 is 0 Å². The monoisotopic (exact) mass is 330 g/mol. The first-order chi connectivity index (χ1) is 11.2. The number of hydrazone groups is 1. The zero-order chi connectivity index (χ0) is 16.2. The molecule has 0 fully saturated rings. The molecule has 1 aromatic heterocycles. The Morgan fingerprint density at radius 1 is 1.35 bits per heavy atom. The van der Waals surface area contributed by atoms with Gasteiger partial charge in [0.15, 0.2) is 0 Å². The van der Waals surface area contributed by atoms with Crippen LogP contribution in [-0.4, -0.2) is 24.3 Å². The van der Waals surface area contributed by atoms with Gasteiger partial charge < -0.3 is 9.84 Å². The highest BCUT2D eigenvalue weighted by molar-refractivity contribution is 7.14. The highest BCUT2D eigenvalue weighted by Gasteiger charge is 2.16. The molecule has 3 rings (SSSR count). The van der Waals surface area contributed by atoms with Crippen molar-refractivity contribution >= 4 is 23.5 Å². The maximum Gasteiger partial charge on any atom is 0.281 e. The molecule has 6 heteroatoms. The molecule has 120 valence electrons. The Hall–Kier alpha value is -2.34. The molecule has 23 heavy (non-hydrogen) atoms. The molecule has 1 aliphatic rings. The first-order valence-electron chi connectivity index (χ1n) is 7.49. The number of hydrogen-bond acceptors (Lipinski definition) is 5. The van der Waals surface area contributed by atoms with Crippen LogP contribution >= 0.6 is 11.3 Å². The number of amides is 1. The van der Waals surface area contributed by atoms with Crippen molar-refractivity contribution in [2.24, 2.45) is 5.10 Å². The molecule has 1 aliphatic carbocycles. The number of carbonyl (C=O) groups excluding carboxylic acids is 1. The molecule has 2 N–H and O–H groups in total. The fourth-order valence-corrected chi connectivity index (χ4v) is 3.72. The van der Waals surface area contributed by atoms with Crippen LogP contribution in [0.25, 0.3) is 0 Å². The lowest BCUT2D eigenvalue weighted by molar-refractivity contribution is 0.0959. The summed E-state index contributed by atoms with van der Waals surface area (Å²) < 4.78 is 5.09. The Balaban J connectivity index is 1.68. The van der Waals surface area contributed by atoms with Crippen LogP contribution in [0.3, 0.4) is 0 Å². The summed E-state index contributed by atoms with van der Waals surface area (Å²) in [6, 6.07) is 6.79. The number of phenolic OH excluding ortho intramolecular Hbond substituents is 1. The maximum absolute atomic E-state index is 12.2. The zero-order valence-electron chi connectivity index (χ0n) is 12.8. The smallest absolute Gasteiger partial charge is 0.281 e. The van der Waals surface area contributed by atoms with Crippen molar-refractivity contribution in [3.8, 4) is 11.5 Å². The Morgan fingerprint density at radius 3 is 2.96 bits per heavy atom. The number of carbonyl (C=O) groups is 1. The van der Waals surface area contributed by atoms with Gasteiger partial charge in [0.25, 0.3) is 5.91 Å². The van der Waals surface area contributed by atoms with Crippen LogP contribution in [0.2, 0.25) is 0 Å². The van der Waals surface area contributed by atoms with E-state index in [1.807, 2.05) is 6.07 Å². The fourth-order valence-electron chi connectivity index (χ4n) is 2.58. The molecule has 0 atom stereocenters. The molecule has 2 aromatic rings. The van der Waals surface area contributed by atoms with Crippen LogP contribution in [-0.2, 0) is 12.8 Å². The third kappa shape index (κ3) is 3.53. The molecule has 0 saturated carbocycles. The number of phenols is 1. The van der Waals surface area contributed by atoms with E-state index in [0.717, 1.165) is 12.8 Å². The number of ether oxygens (including phenoxy) is 1. The number of hydrogen-bond donors (Lipinski definition) is 2. The molecular formula is C17H18N2O3S. The van der Waals surface area contributed by atoms with E-state index in [0.29, 0.717) is 16.2 Å². The molecule has 0 bridgehead atoms. The van der Waals surface area contributed by atoms with Gasteiger partial charge in [-0.1, -0.05) is 0 Å². The third-order valence-corrected chi connectivity index (χ3v) is 5.06. The number of benzene rings is 1. The standard InChI is InChI=1S/C17H18N2O3S/c1-22-13-6-7-14(20)12(8-13)10-18-19-17(21)16-9-11-4-2-3-5-15(11)23-16/h6-10,20H,2-5H2,1H3,(H,19,21). The van der Waals surface area contributed by atoms with Crippen molar-refractivity contribution in [2.75, 3.05) is 7.11 Å². The molecule has 0 unspecified atom stereocenters. The number of aryl methyl sites for hydroxylation is 2. The van der Waals surface area contributed by atoms with Crippen molar-refractivity contribution in [3.05, 3.63) is 45.1 Å². The number of fused-ring (bicyclic) bond motifs is 1. The highest BCUT2D eigenvalue weighted by atomic mass is 32.1. The Morgan fingerprint density at radius 2 is 2.17 bits per heavy atom. The third-order valence-electron chi connectivity index (χ3n) is 3.82. The van der Waals surface area contributed by atoms with Gasteiger partial charge in [-0.15, -0.1) is 11.3 Å². The number of aromatic hydroxyl groups is 1. The molecule has 0 spiro atoms. The van der Waals surface area contributed by atoms with Crippen molar-refractivity contribution in [3.63, 3.8) is 0 Å². The summed E-state index contributed by atoms with van der Waals surface area (Å²) in [4.78, 5) is 14.2. The van der Waals surface area contributed by atoms with E-state index in [-0.39, 0.29) is 11.7 Å². The number of nitrogens with zero attached hydrogens (tertiary/aromatic N) is 1. The van der Waals surface area contributed by atoms with Crippen LogP contribution < -0.4 is 10.2 Å². The number of nitrogens with one attached hydrogen (secondary N) is 1. The van der Waals surface area contributed by atoms with Crippen LogP contribution in [0.1, 0.15) is 38.5 Å². The van der Waals surface area contributed by atoms with Crippen molar-refractivity contribution in [2.45, 2.75) is 25.7 Å². The minimum absolute atomic E-state index is 0.0791. The minimum Gasteiger partial charge on any atom is -0.507 e. The lowest BCUT2D eigenvalue weighted by Crippen LogP contribution is -2.16. The Labute approximate surface area is 138 Å². The van der Waals surface area contributed by atoms with E-state index in [1.165, 1.54) is 35.6 Å². The van der Waals surface area contributed by atoms with Gasteiger partial charge in [-0.05, 0) is 55.5 Å². The van der Waals surface area contributed by atoms with E-state index in [2.05, 4.69) is 10.5 Å². The van der Waals surface area contributed by atoms with Crippen LogP contribution in [0, 0.1) is 0 Å². The molecular weight excluding hydrogens is 312 g/mol. The summed E-state index contributed by atoms with van der Waals surface area (Å²) in [6.07, 6.45) is 5.91. The molecule has 0 saturated heterocycles. The molecule has 1 amide bonds. The summed E-state index contributed by atoms with van der Waals surface area (Å²) in [5.74, 6) is 0.472. The van der Waals surface area contributed by atoms with Gasteiger partial charge in [-0.2, -0.15) is 5.10 Å². The van der Waals surface area contributed by atoms with Crippen LogP contribution in [0.5, 0.6) is 11.5 Å². The van der Waals surface area contributed by atoms with E-state index in [1.54, 1.807) is 30.6 Å². The molecule has 5 nitrogen and oxygen atoms in total. The molecule has 0 aliphatic heterocycles. The van der Waals surface area contributed by atoms with Crippen LogP contribution in [0.4, 0.5) is 0 Å². The summed E-state index contributed by atoms with van der Waals surface area (Å²) in [6.45, 7) is 0. The maximum atomic E-state index is 12.2. The molecule has 1 aromatic carbocycles. The SMILES string of the molecule is COc1ccc(O)c(C=NNC(=O)c2cc3c(s2)CCCC3)c1. The van der Waals surface area contributed by atoms with Crippen molar-refractivity contribution < 1.29 is 14.6 Å². The summed E-state index contributed by atoms with van der Waals surface area (Å²) in [5, 5.41) is 13.7.